The van der Waals surface area contributed by atoms with Gasteiger partial charge in [0.05, 0.1) is 24.6 Å². The third-order valence-corrected chi connectivity index (χ3v) is 3.75. The van der Waals surface area contributed by atoms with Crippen LogP contribution in [0.25, 0.3) is 11.3 Å². The van der Waals surface area contributed by atoms with Crippen LogP contribution >= 0.6 is 0 Å². The maximum atomic E-state index is 6.00. The molecule has 0 saturated carbocycles. The molecule has 1 aliphatic rings. The molecule has 0 aliphatic carbocycles. The highest BCUT2D eigenvalue weighted by atomic mass is 16.5. The Labute approximate surface area is 135 Å². The van der Waals surface area contributed by atoms with Gasteiger partial charge >= 0.3 is 0 Å². The molecule has 2 heterocycles. The molecule has 0 spiro atoms. The maximum absolute atomic E-state index is 6.00. The van der Waals surface area contributed by atoms with E-state index in [1.807, 2.05) is 18.2 Å². The van der Waals surface area contributed by atoms with E-state index in [9.17, 15) is 0 Å². The first kappa shape index (κ1) is 15.5. The van der Waals surface area contributed by atoms with Crippen molar-refractivity contribution in [3.63, 3.8) is 0 Å². The number of nitrogens with zero attached hydrogens (tertiary/aromatic N) is 3. The van der Waals surface area contributed by atoms with Gasteiger partial charge < -0.3 is 20.9 Å². The molecular formula is C16H21N5O2. The van der Waals surface area contributed by atoms with E-state index in [0.717, 1.165) is 44.1 Å². The standard InChI is InChI=1S/C16H21N5O2/c17-13-2-1-12(14-3-4-19-16(18)20-14)11-15(13)23-10-7-21-5-8-22-9-6-21/h1-4,11H,5-10,17H2,(H2,18,19,20). The smallest absolute Gasteiger partial charge is 0.220 e. The van der Waals surface area contributed by atoms with Crippen molar-refractivity contribution in [2.45, 2.75) is 0 Å². The summed E-state index contributed by atoms with van der Waals surface area (Å²) in [5, 5.41) is 0. The second kappa shape index (κ2) is 7.26. The average Bonchev–Trinajstić information content (AvgIpc) is 2.57. The Hall–Kier alpha value is -2.38. The summed E-state index contributed by atoms with van der Waals surface area (Å²) in [7, 11) is 0. The van der Waals surface area contributed by atoms with Crippen LogP contribution < -0.4 is 16.2 Å². The molecule has 122 valence electrons. The monoisotopic (exact) mass is 315 g/mol. The summed E-state index contributed by atoms with van der Waals surface area (Å²) in [6.45, 7) is 4.89. The lowest BCUT2D eigenvalue weighted by Crippen LogP contribution is -2.38. The molecule has 7 heteroatoms. The fraction of sp³-hybridized carbons (Fsp3) is 0.375. The molecule has 0 atom stereocenters. The van der Waals surface area contributed by atoms with Crippen molar-refractivity contribution in [3.8, 4) is 17.0 Å². The van der Waals surface area contributed by atoms with E-state index in [1.54, 1.807) is 12.3 Å². The predicted molar refractivity (Wildman–Crippen MR) is 89.0 cm³/mol. The van der Waals surface area contributed by atoms with E-state index in [4.69, 9.17) is 20.9 Å². The van der Waals surface area contributed by atoms with Gasteiger partial charge in [-0.2, -0.15) is 0 Å². The molecule has 0 amide bonds. The van der Waals surface area contributed by atoms with E-state index >= 15 is 0 Å². The zero-order valence-corrected chi connectivity index (χ0v) is 12.9. The van der Waals surface area contributed by atoms with Gasteiger partial charge in [0.25, 0.3) is 0 Å². The van der Waals surface area contributed by atoms with Crippen LogP contribution in [0.4, 0.5) is 11.6 Å². The van der Waals surface area contributed by atoms with Gasteiger partial charge in [-0.25, -0.2) is 9.97 Å². The summed E-state index contributed by atoms with van der Waals surface area (Å²) < 4.78 is 11.2. The Kier molecular flexibility index (Phi) is 4.89. The number of morpholine rings is 1. The minimum Gasteiger partial charge on any atom is -0.490 e. The van der Waals surface area contributed by atoms with Crippen molar-refractivity contribution in [3.05, 3.63) is 30.5 Å². The number of rotatable bonds is 5. The van der Waals surface area contributed by atoms with E-state index in [2.05, 4.69) is 14.9 Å². The van der Waals surface area contributed by atoms with Crippen molar-refractivity contribution >= 4 is 11.6 Å². The number of benzene rings is 1. The maximum Gasteiger partial charge on any atom is 0.220 e. The fourth-order valence-corrected chi connectivity index (χ4v) is 2.46. The first-order valence-electron chi connectivity index (χ1n) is 7.64. The highest BCUT2D eigenvalue weighted by Crippen LogP contribution is 2.28. The number of hydrogen-bond acceptors (Lipinski definition) is 7. The summed E-state index contributed by atoms with van der Waals surface area (Å²) in [5.41, 5.74) is 13.9. The van der Waals surface area contributed by atoms with Crippen LogP contribution in [-0.2, 0) is 4.74 Å². The molecule has 4 N–H and O–H groups in total. The molecule has 0 radical (unpaired) electrons. The van der Waals surface area contributed by atoms with Gasteiger partial charge in [0.2, 0.25) is 5.95 Å². The fourth-order valence-electron chi connectivity index (χ4n) is 2.46. The van der Waals surface area contributed by atoms with Gasteiger partial charge in [0, 0.05) is 31.4 Å². The number of hydrogen-bond donors (Lipinski definition) is 2. The first-order valence-corrected chi connectivity index (χ1v) is 7.64. The van der Waals surface area contributed by atoms with Crippen molar-refractivity contribution in [1.82, 2.24) is 14.9 Å². The van der Waals surface area contributed by atoms with Crippen molar-refractivity contribution in [2.24, 2.45) is 0 Å². The van der Waals surface area contributed by atoms with Crippen LogP contribution in [-0.4, -0.2) is 54.3 Å². The molecule has 0 unspecified atom stereocenters. The lowest BCUT2D eigenvalue weighted by Gasteiger charge is -2.26. The third-order valence-electron chi connectivity index (χ3n) is 3.75. The lowest BCUT2D eigenvalue weighted by atomic mass is 10.1. The molecule has 7 nitrogen and oxygen atoms in total. The Morgan fingerprint density at radius 2 is 2.00 bits per heavy atom. The molecule has 0 bridgehead atoms. The van der Waals surface area contributed by atoms with E-state index < -0.39 is 0 Å². The molecule has 1 saturated heterocycles. The van der Waals surface area contributed by atoms with Gasteiger partial charge in [-0.1, -0.05) is 6.07 Å². The molecule has 1 fully saturated rings. The average molecular weight is 315 g/mol. The van der Waals surface area contributed by atoms with Crippen LogP contribution in [0.3, 0.4) is 0 Å². The highest BCUT2D eigenvalue weighted by molar-refractivity contribution is 5.67. The molecule has 2 aromatic rings. The summed E-state index contributed by atoms with van der Waals surface area (Å²) in [6.07, 6.45) is 1.63. The minimum atomic E-state index is 0.245. The van der Waals surface area contributed by atoms with Crippen LogP contribution in [0.2, 0.25) is 0 Å². The van der Waals surface area contributed by atoms with Gasteiger partial charge in [0.1, 0.15) is 12.4 Å². The van der Waals surface area contributed by atoms with E-state index in [1.165, 1.54) is 0 Å². The quantitative estimate of drug-likeness (QED) is 0.795. The molecule has 23 heavy (non-hydrogen) atoms. The summed E-state index contributed by atoms with van der Waals surface area (Å²) in [5.74, 6) is 0.905. The molecule has 1 aliphatic heterocycles. The zero-order valence-electron chi connectivity index (χ0n) is 12.9. The Morgan fingerprint density at radius 3 is 2.78 bits per heavy atom. The normalized spacial score (nSPS) is 15.5. The Bertz CT molecular complexity index is 659. The molecule has 1 aromatic carbocycles. The largest absolute Gasteiger partial charge is 0.490 e. The van der Waals surface area contributed by atoms with Crippen LogP contribution in [0.1, 0.15) is 0 Å². The van der Waals surface area contributed by atoms with Crippen LogP contribution in [0.15, 0.2) is 30.5 Å². The number of aromatic nitrogens is 2. The molecular weight excluding hydrogens is 294 g/mol. The van der Waals surface area contributed by atoms with Crippen molar-refractivity contribution in [1.29, 1.82) is 0 Å². The summed E-state index contributed by atoms with van der Waals surface area (Å²) >= 11 is 0. The number of nitrogens with two attached hydrogens (primary N) is 2. The number of nitrogen functional groups attached to an aromatic ring is 2. The van der Waals surface area contributed by atoms with Gasteiger partial charge in [-0.3, -0.25) is 4.90 Å². The minimum absolute atomic E-state index is 0.245. The van der Waals surface area contributed by atoms with E-state index in [0.29, 0.717) is 18.0 Å². The Morgan fingerprint density at radius 1 is 1.17 bits per heavy atom. The summed E-state index contributed by atoms with van der Waals surface area (Å²) in [6, 6.07) is 7.40. The lowest BCUT2D eigenvalue weighted by molar-refractivity contribution is 0.0323. The third kappa shape index (κ3) is 4.08. The van der Waals surface area contributed by atoms with Crippen molar-refractivity contribution in [2.75, 3.05) is 50.9 Å². The SMILES string of the molecule is Nc1nccc(-c2ccc(N)c(OCCN3CCOCC3)c2)n1. The molecule has 3 rings (SSSR count). The number of anilines is 2. The second-order valence-corrected chi connectivity index (χ2v) is 5.36. The Balaban J connectivity index is 1.65. The number of ether oxygens (including phenoxy) is 2. The van der Waals surface area contributed by atoms with E-state index in [-0.39, 0.29) is 5.95 Å². The second-order valence-electron chi connectivity index (χ2n) is 5.36. The van der Waals surface area contributed by atoms with Crippen LogP contribution in [0, 0.1) is 0 Å². The van der Waals surface area contributed by atoms with Crippen molar-refractivity contribution < 1.29 is 9.47 Å². The summed E-state index contributed by atoms with van der Waals surface area (Å²) in [4.78, 5) is 10.4. The molecule has 1 aromatic heterocycles. The van der Waals surface area contributed by atoms with Crippen LogP contribution in [0.5, 0.6) is 5.75 Å². The first-order chi connectivity index (χ1) is 11.2. The van der Waals surface area contributed by atoms with Gasteiger partial charge in [-0.15, -0.1) is 0 Å². The topological polar surface area (TPSA) is 99.5 Å². The van der Waals surface area contributed by atoms with Gasteiger partial charge in [-0.05, 0) is 18.2 Å². The predicted octanol–water partition coefficient (Wildman–Crippen LogP) is 1.02. The zero-order chi connectivity index (χ0) is 16.1. The highest BCUT2D eigenvalue weighted by Gasteiger charge is 2.11. The van der Waals surface area contributed by atoms with Gasteiger partial charge in [0.15, 0.2) is 0 Å².